The van der Waals surface area contributed by atoms with Gasteiger partial charge < -0.3 is 25.4 Å². The molecule has 0 aliphatic heterocycles. The second kappa shape index (κ2) is 16.0. The van der Waals surface area contributed by atoms with Crippen LogP contribution in [0, 0.1) is 6.92 Å². The molecule has 3 N–H and O–H groups in total. The first kappa shape index (κ1) is 32.7. The van der Waals surface area contributed by atoms with Gasteiger partial charge in [0, 0.05) is 37.3 Å². The molecule has 0 aromatic heterocycles. The zero-order chi connectivity index (χ0) is 31.5. The van der Waals surface area contributed by atoms with Gasteiger partial charge in [0.05, 0.1) is 19.3 Å². The smallest absolute Gasteiger partial charge is 0.253 e. The zero-order valence-electron chi connectivity index (χ0n) is 26.3. The van der Waals surface area contributed by atoms with Crippen LogP contribution in [0.25, 0.3) is 10.8 Å². The monoisotopic (exact) mass is 595 g/mol. The number of aliphatic hydroxyl groups excluding tert-OH is 1. The van der Waals surface area contributed by atoms with E-state index in [9.17, 15) is 14.7 Å². The lowest BCUT2D eigenvalue weighted by Gasteiger charge is -2.26. The molecule has 0 bridgehead atoms. The highest BCUT2D eigenvalue weighted by Crippen LogP contribution is 2.21. The molecule has 0 fully saturated rings. The molecule has 0 saturated carbocycles. The van der Waals surface area contributed by atoms with Crippen LogP contribution < -0.4 is 15.4 Å². The highest BCUT2D eigenvalue weighted by molar-refractivity contribution is 6.00. The van der Waals surface area contributed by atoms with E-state index in [0.29, 0.717) is 37.2 Å². The van der Waals surface area contributed by atoms with E-state index in [1.54, 1.807) is 19.2 Å². The van der Waals surface area contributed by atoms with Gasteiger partial charge in [0.25, 0.3) is 11.8 Å². The minimum absolute atomic E-state index is 0.0690. The van der Waals surface area contributed by atoms with Gasteiger partial charge in [0.2, 0.25) is 0 Å². The first-order chi connectivity index (χ1) is 21.3. The fourth-order valence-corrected chi connectivity index (χ4v) is 5.61. The van der Waals surface area contributed by atoms with Crippen LogP contribution >= 0.6 is 0 Å². The Morgan fingerprint density at radius 1 is 0.886 bits per heavy atom. The van der Waals surface area contributed by atoms with Gasteiger partial charge in [-0.3, -0.25) is 9.59 Å². The molecule has 7 heteroatoms. The number of fused-ring (bicyclic) bond motifs is 1. The summed E-state index contributed by atoms with van der Waals surface area (Å²) in [7, 11) is 1.64. The number of aryl methyl sites for hydroxylation is 1. The standard InChI is InChI=1S/C37H45N3O4/c1-5-17-40(18-6-2)37(43)31-20-26(3)19-30(22-31)36(42)39-34(23-29-14-10-13-28-12-7-8-16-33(28)29)35(41)25-38-24-27-11-9-15-32(21-27)44-4/h7-16,19-22,34-35,38,41H,5-6,17-18,23-25H2,1-4H3,(H,39,42)/t34-,35+/m0/s1. The molecular weight excluding hydrogens is 550 g/mol. The number of carbonyl (C=O) groups is 2. The quantitative estimate of drug-likeness (QED) is 0.159. The number of amides is 2. The van der Waals surface area contributed by atoms with Crippen LogP contribution in [-0.4, -0.2) is 60.7 Å². The molecule has 4 rings (SSSR count). The van der Waals surface area contributed by atoms with E-state index < -0.39 is 12.1 Å². The number of nitrogens with one attached hydrogen (secondary N) is 2. The van der Waals surface area contributed by atoms with Gasteiger partial charge in [0.1, 0.15) is 5.75 Å². The number of rotatable bonds is 15. The Morgan fingerprint density at radius 3 is 2.34 bits per heavy atom. The lowest BCUT2D eigenvalue weighted by Crippen LogP contribution is -2.48. The maximum absolute atomic E-state index is 13.7. The predicted molar refractivity (Wildman–Crippen MR) is 177 cm³/mol. The van der Waals surface area contributed by atoms with Crippen LogP contribution in [0.2, 0.25) is 0 Å². The summed E-state index contributed by atoms with van der Waals surface area (Å²) in [4.78, 5) is 29.0. The van der Waals surface area contributed by atoms with Crippen LogP contribution in [0.5, 0.6) is 5.75 Å². The summed E-state index contributed by atoms with van der Waals surface area (Å²) in [5.74, 6) is 0.382. The molecule has 0 radical (unpaired) electrons. The lowest BCUT2D eigenvalue weighted by molar-refractivity contribution is 0.0755. The number of ether oxygens (including phenoxy) is 1. The van der Waals surface area contributed by atoms with Gasteiger partial charge in [0.15, 0.2) is 0 Å². The van der Waals surface area contributed by atoms with Crippen molar-refractivity contribution in [3.05, 3.63) is 113 Å². The second-order valence-corrected chi connectivity index (χ2v) is 11.4. The van der Waals surface area contributed by atoms with Gasteiger partial charge in [-0.15, -0.1) is 0 Å². The fourth-order valence-electron chi connectivity index (χ4n) is 5.61. The van der Waals surface area contributed by atoms with Crippen LogP contribution in [-0.2, 0) is 13.0 Å². The number of carbonyl (C=O) groups excluding carboxylic acids is 2. The molecule has 0 aliphatic rings. The number of benzene rings is 4. The Balaban J connectivity index is 1.56. The summed E-state index contributed by atoms with van der Waals surface area (Å²) in [6.45, 7) is 8.15. The van der Waals surface area contributed by atoms with Crippen LogP contribution in [0.4, 0.5) is 0 Å². The molecule has 0 aliphatic carbocycles. The first-order valence-electron chi connectivity index (χ1n) is 15.5. The van der Waals surface area contributed by atoms with E-state index in [-0.39, 0.29) is 18.4 Å². The van der Waals surface area contributed by atoms with E-state index in [1.807, 2.05) is 66.4 Å². The molecule has 0 saturated heterocycles. The third kappa shape index (κ3) is 8.68. The van der Waals surface area contributed by atoms with E-state index in [1.165, 1.54) is 0 Å². The average Bonchev–Trinajstić information content (AvgIpc) is 3.03. The summed E-state index contributed by atoms with van der Waals surface area (Å²) < 4.78 is 5.33. The Labute approximate surface area is 261 Å². The fraction of sp³-hybridized carbons (Fsp3) is 0.351. The molecule has 7 nitrogen and oxygen atoms in total. The van der Waals surface area contributed by atoms with Crippen LogP contribution in [0.3, 0.4) is 0 Å². The molecule has 4 aromatic rings. The number of hydrogen-bond donors (Lipinski definition) is 3. The van der Waals surface area contributed by atoms with Crippen molar-refractivity contribution < 1.29 is 19.4 Å². The largest absolute Gasteiger partial charge is 0.497 e. The molecule has 232 valence electrons. The molecular formula is C37H45N3O4. The topological polar surface area (TPSA) is 90.9 Å². The van der Waals surface area contributed by atoms with Crippen molar-refractivity contribution in [1.82, 2.24) is 15.5 Å². The summed E-state index contributed by atoms with van der Waals surface area (Å²) >= 11 is 0. The van der Waals surface area contributed by atoms with Crippen molar-refractivity contribution in [2.24, 2.45) is 0 Å². The Morgan fingerprint density at radius 2 is 1.59 bits per heavy atom. The van der Waals surface area contributed by atoms with E-state index in [0.717, 1.165) is 46.1 Å². The molecule has 2 amide bonds. The lowest BCUT2D eigenvalue weighted by atomic mass is 9.95. The predicted octanol–water partition coefficient (Wildman–Crippen LogP) is 5.91. The first-order valence-corrected chi connectivity index (χ1v) is 15.5. The van der Waals surface area contributed by atoms with Crippen molar-refractivity contribution in [3.63, 3.8) is 0 Å². The molecule has 44 heavy (non-hydrogen) atoms. The van der Waals surface area contributed by atoms with Gasteiger partial charge in [-0.05, 0) is 84.0 Å². The highest BCUT2D eigenvalue weighted by Gasteiger charge is 2.24. The SMILES string of the molecule is CCCN(CCC)C(=O)c1cc(C)cc(C(=O)N[C@@H](Cc2cccc3ccccc23)[C@H](O)CNCc2cccc(OC)c2)c1. The van der Waals surface area contributed by atoms with Crippen molar-refractivity contribution in [2.75, 3.05) is 26.7 Å². The molecule has 0 spiro atoms. The second-order valence-electron chi connectivity index (χ2n) is 11.4. The van der Waals surface area contributed by atoms with Crippen molar-refractivity contribution in [1.29, 1.82) is 0 Å². The maximum Gasteiger partial charge on any atom is 0.253 e. The Hall–Kier alpha value is -4.20. The Kier molecular flexibility index (Phi) is 11.9. The van der Waals surface area contributed by atoms with E-state index in [4.69, 9.17) is 4.74 Å². The van der Waals surface area contributed by atoms with Crippen LogP contribution in [0.1, 0.15) is 64.1 Å². The number of methoxy groups -OCH3 is 1. The van der Waals surface area contributed by atoms with Crippen molar-refractivity contribution in [3.8, 4) is 5.75 Å². The third-order valence-electron chi connectivity index (χ3n) is 7.78. The average molecular weight is 596 g/mol. The van der Waals surface area contributed by atoms with Gasteiger partial charge >= 0.3 is 0 Å². The Bertz CT molecular complexity index is 1540. The zero-order valence-corrected chi connectivity index (χ0v) is 26.3. The van der Waals surface area contributed by atoms with Crippen LogP contribution in [0.15, 0.2) is 84.9 Å². The summed E-state index contributed by atoms with van der Waals surface area (Å²) in [6, 6.07) is 26.7. The molecule has 4 aromatic carbocycles. The molecule has 0 heterocycles. The number of nitrogens with zero attached hydrogens (tertiary/aromatic N) is 1. The van der Waals surface area contributed by atoms with Gasteiger partial charge in [-0.2, -0.15) is 0 Å². The van der Waals surface area contributed by atoms with Crippen molar-refractivity contribution >= 4 is 22.6 Å². The summed E-state index contributed by atoms with van der Waals surface area (Å²) in [6.07, 6.45) is 1.29. The molecule has 0 unspecified atom stereocenters. The van der Waals surface area contributed by atoms with E-state index in [2.05, 4.69) is 42.7 Å². The van der Waals surface area contributed by atoms with Gasteiger partial charge in [-0.1, -0.05) is 68.4 Å². The highest BCUT2D eigenvalue weighted by atomic mass is 16.5. The normalized spacial score (nSPS) is 12.5. The minimum atomic E-state index is -0.876. The summed E-state index contributed by atoms with van der Waals surface area (Å²) in [5.41, 5.74) is 3.81. The maximum atomic E-state index is 13.7. The summed E-state index contributed by atoms with van der Waals surface area (Å²) in [5, 5.41) is 20.1. The van der Waals surface area contributed by atoms with E-state index >= 15 is 0 Å². The molecule has 2 atom stereocenters. The van der Waals surface area contributed by atoms with Gasteiger partial charge in [-0.25, -0.2) is 0 Å². The van der Waals surface area contributed by atoms with Crippen molar-refractivity contribution in [2.45, 2.75) is 58.7 Å². The third-order valence-corrected chi connectivity index (χ3v) is 7.78. The number of hydrogen-bond acceptors (Lipinski definition) is 5. The number of aliphatic hydroxyl groups is 1. The minimum Gasteiger partial charge on any atom is -0.497 e.